The predicted octanol–water partition coefficient (Wildman–Crippen LogP) is -3.48. The van der Waals surface area contributed by atoms with Crippen molar-refractivity contribution >= 4 is 5.78 Å². The fraction of sp³-hybridized carbons (Fsp3) is 0.462. The second-order valence-corrected chi connectivity index (χ2v) is 5.13. The van der Waals surface area contributed by atoms with Crippen molar-refractivity contribution in [2.45, 2.75) is 30.2 Å². The van der Waals surface area contributed by atoms with Gasteiger partial charge in [-0.25, -0.2) is 0 Å². The first-order valence-electron chi connectivity index (χ1n) is 6.45. The summed E-state index contributed by atoms with van der Waals surface area (Å²) in [5.41, 5.74) is -3.64. The third-order valence-electron chi connectivity index (χ3n) is 3.70. The zero-order valence-corrected chi connectivity index (χ0v) is 11.5. The summed E-state index contributed by atoms with van der Waals surface area (Å²) in [6.07, 6.45) is -8.50. The van der Waals surface area contributed by atoms with Crippen LogP contribution in [0.1, 0.15) is 10.4 Å². The average molecular weight is 331 g/mol. The van der Waals surface area contributed by atoms with Crippen LogP contribution in [-0.2, 0) is 4.74 Å². The summed E-state index contributed by atoms with van der Waals surface area (Å²) in [6, 6.07) is 1.33. The van der Waals surface area contributed by atoms with Crippen molar-refractivity contribution in [1.29, 1.82) is 0 Å². The molecule has 0 aliphatic carbocycles. The molecule has 1 heterocycles. The van der Waals surface area contributed by atoms with E-state index in [4.69, 9.17) is 5.11 Å². The molecule has 1 saturated heterocycles. The maximum absolute atomic E-state index is 12.4. The summed E-state index contributed by atoms with van der Waals surface area (Å²) in [4.78, 5) is 12.4. The van der Waals surface area contributed by atoms with E-state index >= 15 is 0 Å². The Labute approximate surface area is 129 Å². The van der Waals surface area contributed by atoms with Crippen LogP contribution in [0.3, 0.4) is 0 Å². The molecule has 10 heteroatoms. The number of aromatic hydroxyl groups is 3. The first kappa shape index (κ1) is 17.4. The molecule has 10 nitrogen and oxygen atoms in total. The summed E-state index contributed by atoms with van der Waals surface area (Å²) >= 11 is 0. The fourth-order valence-electron chi connectivity index (χ4n) is 2.36. The SMILES string of the molecule is O=C(c1cc(O)c(O)c(O)c1)[C@]1(O)[C@H](O)[C@@H](CO)O[C@@H]([O-])[C@@H]1O. The quantitative estimate of drug-likeness (QED) is 0.216. The van der Waals surface area contributed by atoms with Crippen molar-refractivity contribution in [3.63, 3.8) is 0 Å². The third kappa shape index (κ3) is 2.61. The number of benzene rings is 1. The van der Waals surface area contributed by atoms with Crippen LogP contribution in [0.2, 0.25) is 0 Å². The number of ether oxygens (including phenoxy) is 1. The number of hydrogen-bond acceptors (Lipinski definition) is 10. The average Bonchev–Trinajstić information content (AvgIpc) is 2.52. The lowest BCUT2D eigenvalue weighted by molar-refractivity contribution is -0.536. The van der Waals surface area contributed by atoms with Gasteiger partial charge in [-0.15, -0.1) is 0 Å². The molecule has 1 fully saturated rings. The van der Waals surface area contributed by atoms with Gasteiger partial charge < -0.3 is 45.6 Å². The van der Waals surface area contributed by atoms with Gasteiger partial charge in [0.2, 0.25) is 0 Å². The molecule has 0 radical (unpaired) electrons. The second kappa shape index (κ2) is 5.92. The lowest BCUT2D eigenvalue weighted by Crippen LogP contribution is -2.72. The Hall–Kier alpha value is -1.95. The number of rotatable bonds is 3. The Kier molecular flexibility index (Phi) is 4.48. The van der Waals surface area contributed by atoms with Gasteiger partial charge in [0.1, 0.15) is 18.3 Å². The molecule has 1 aliphatic rings. The minimum absolute atomic E-state index is 0.593. The minimum Gasteiger partial charge on any atom is -0.829 e. The van der Waals surface area contributed by atoms with Crippen molar-refractivity contribution in [3.05, 3.63) is 17.7 Å². The smallest absolute Gasteiger partial charge is 0.200 e. The van der Waals surface area contributed by atoms with Gasteiger partial charge in [-0.1, -0.05) is 0 Å². The lowest BCUT2D eigenvalue weighted by Gasteiger charge is -2.49. The summed E-state index contributed by atoms with van der Waals surface area (Å²) < 4.78 is 4.55. The molecule has 5 atom stereocenters. The topological polar surface area (TPSA) is 191 Å². The van der Waals surface area contributed by atoms with Crippen molar-refractivity contribution in [2.75, 3.05) is 6.61 Å². The van der Waals surface area contributed by atoms with Crippen LogP contribution in [0.15, 0.2) is 12.1 Å². The van der Waals surface area contributed by atoms with Gasteiger partial charge in [0.05, 0.1) is 6.61 Å². The molecular formula is C13H15O10-. The highest BCUT2D eigenvalue weighted by atomic mass is 16.6. The van der Waals surface area contributed by atoms with E-state index in [9.17, 15) is 40.5 Å². The molecule has 23 heavy (non-hydrogen) atoms. The van der Waals surface area contributed by atoms with Crippen LogP contribution in [0.25, 0.3) is 0 Å². The van der Waals surface area contributed by atoms with Gasteiger partial charge in [0.15, 0.2) is 28.6 Å². The molecule has 7 N–H and O–H groups in total. The number of aliphatic hydroxyl groups is 4. The van der Waals surface area contributed by atoms with Crippen LogP contribution in [0.4, 0.5) is 0 Å². The highest BCUT2D eigenvalue weighted by Gasteiger charge is 2.57. The van der Waals surface area contributed by atoms with Crippen LogP contribution in [-0.4, -0.2) is 78.3 Å². The van der Waals surface area contributed by atoms with Crippen molar-refractivity contribution in [3.8, 4) is 17.2 Å². The Bertz CT molecular complexity index is 594. The Balaban J connectivity index is 2.50. The van der Waals surface area contributed by atoms with E-state index in [2.05, 4.69) is 4.74 Å². The first-order chi connectivity index (χ1) is 10.6. The number of carbonyl (C=O) groups excluding carboxylic acids is 1. The number of phenols is 3. The maximum Gasteiger partial charge on any atom is 0.200 e. The fourth-order valence-corrected chi connectivity index (χ4v) is 2.36. The molecule has 1 aromatic rings. The van der Waals surface area contributed by atoms with Gasteiger partial charge in [-0.2, -0.15) is 0 Å². The van der Waals surface area contributed by atoms with E-state index in [1.165, 1.54) is 0 Å². The number of ketones is 1. The molecule has 0 bridgehead atoms. The van der Waals surface area contributed by atoms with Gasteiger partial charge in [-0.3, -0.25) is 4.79 Å². The zero-order chi connectivity index (χ0) is 17.5. The molecule has 1 aliphatic heterocycles. The Morgan fingerprint density at radius 1 is 1.17 bits per heavy atom. The van der Waals surface area contributed by atoms with Crippen LogP contribution in [0.5, 0.6) is 17.2 Å². The summed E-state index contributed by atoms with van der Waals surface area (Å²) in [7, 11) is 0. The van der Waals surface area contributed by atoms with Gasteiger partial charge >= 0.3 is 0 Å². The summed E-state index contributed by atoms with van der Waals surface area (Å²) in [5, 5.41) is 78.8. The van der Waals surface area contributed by atoms with Gasteiger partial charge in [0.25, 0.3) is 0 Å². The van der Waals surface area contributed by atoms with Crippen LogP contribution >= 0.6 is 0 Å². The highest BCUT2D eigenvalue weighted by Crippen LogP contribution is 2.38. The van der Waals surface area contributed by atoms with Crippen molar-refractivity contribution in [1.82, 2.24) is 0 Å². The number of carbonyl (C=O) groups is 1. The van der Waals surface area contributed by atoms with Crippen molar-refractivity contribution in [2.24, 2.45) is 0 Å². The van der Waals surface area contributed by atoms with E-state index in [1.54, 1.807) is 0 Å². The largest absolute Gasteiger partial charge is 0.829 e. The number of aliphatic hydroxyl groups excluding tert-OH is 3. The van der Waals surface area contributed by atoms with E-state index in [-0.39, 0.29) is 0 Å². The van der Waals surface area contributed by atoms with Crippen molar-refractivity contribution < 1.29 is 50.4 Å². The van der Waals surface area contributed by atoms with E-state index in [0.717, 1.165) is 0 Å². The molecular weight excluding hydrogens is 316 g/mol. The first-order valence-corrected chi connectivity index (χ1v) is 6.45. The molecule has 0 aromatic heterocycles. The third-order valence-corrected chi connectivity index (χ3v) is 3.70. The van der Waals surface area contributed by atoms with Gasteiger partial charge in [-0.05, 0) is 12.1 Å². The van der Waals surface area contributed by atoms with Crippen LogP contribution < -0.4 is 5.11 Å². The molecule has 1 aromatic carbocycles. The van der Waals surface area contributed by atoms with Gasteiger partial charge in [0, 0.05) is 11.9 Å². The zero-order valence-electron chi connectivity index (χ0n) is 11.5. The Morgan fingerprint density at radius 3 is 2.17 bits per heavy atom. The predicted molar refractivity (Wildman–Crippen MR) is 68.5 cm³/mol. The molecule has 2 rings (SSSR count). The minimum atomic E-state index is -3.05. The normalized spacial score (nSPS) is 34.3. The lowest BCUT2D eigenvalue weighted by atomic mass is 9.78. The van der Waals surface area contributed by atoms with E-state index in [0.29, 0.717) is 12.1 Å². The summed E-state index contributed by atoms with van der Waals surface area (Å²) in [5.74, 6) is -4.13. The summed E-state index contributed by atoms with van der Waals surface area (Å²) in [6.45, 7) is -0.908. The molecule has 0 amide bonds. The number of Topliss-reactive ketones (excluding diaryl/α,β-unsaturated/α-hetero) is 1. The second-order valence-electron chi connectivity index (χ2n) is 5.13. The number of phenolic OH excluding ortho intramolecular Hbond substituents is 3. The molecule has 0 saturated carbocycles. The van der Waals surface area contributed by atoms with E-state index in [1.807, 2.05) is 0 Å². The van der Waals surface area contributed by atoms with E-state index < -0.39 is 65.4 Å². The molecule has 0 spiro atoms. The maximum atomic E-state index is 12.4. The molecule has 128 valence electrons. The number of hydrogen-bond donors (Lipinski definition) is 7. The monoisotopic (exact) mass is 331 g/mol. The Morgan fingerprint density at radius 2 is 1.70 bits per heavy atom. The van der Waals surface area contributed by atoms with Crippen LogP contribution in [0, 0.1) is 0 Å². The molecule has 0 unspecified atom stereocenters. The highest BCUT2D eigenvalue weighted by molar-refractivity contribution is 6.04. The standard InChI is InChI=1S/C13H15O10/c14-3-7-10(19)13(22,11(20)12(21)23-7)9(18)4-1-5(15)8(17)6(16)2-4/h1-2,7,10-12,14-17,19-20,22H,3H2/q-1/t7-,10-,11+,12-,13+/m1/s1.